The van der Waals surface area contributed by atoms with Gasteiger partial charge < -0.3 is 15.4 Å². The number of amides is 2. The van der Waals surface area contributed by atoms with Crippen LogP contribution in [0.2, 0.25) is 0 Å². The molecule has 3 atom stereocenters. The molecule has 1 aliphatic heterocycles. The third-order valence-electron chi connectivity index (χ3n) is 10.4. The zero-order valence-corrected chi connectivity index (χ0v) is 26.8. The topological polar surface area (TPSA) is 114 Å². The van der Waals surface area contributed by atoms with E-state index in [-0.39, 0.29) is 42.9 Å². The molecule has 3 N–H and O–H groups in total. The van der Waals surface area contributed by atoms with Gasteiger partial charge in [0, 0.05) is 36.5 Å². The van der Waals surface area contributed by atoms with E-state index in [1.807, 2.05) is 6.92 Å². The Morgan fingerprint density at radius 1 is 1.07 bits per heavy atom. The van der Waals surface area contributed by atoms with E-state index < -0.39 is 32.3 Å². The molecule has 8 nitrogen and oxygen atoms in total. The number of benzene rings is 2. The summed E-state index contributed by atoms with van der Waals surface area (Å²) in [6, 6.07) is 9.79. The van der Waals surface area contributed by atoms with Gasteiger partial charge in [-0.2, -0.15) is 0 Å². The predicted molar refractivity (Wildman–Crippen MR) is 167 cm³/mol. The fraction of sp³-hybridized carbons (Fsp3) is 0.588. The van der Waals surface area contributed by atoms with Gasteiger partial charge in [0.1, 0.15) is 17.7 Å². The summed E-state index contributed by atoms with van der Waals surface area (Å²) in [6.45, 7) is 3.52. The van der Waals surface area contributed by atoms with Gasteiger partial charge in [0.15, 0.2) is 0 Å². The van der Waals surface area contributed by atoms with Crippen molar-refractivity contribution < 1.29 is 31.5 Å². The molecule has 0 unspecified atom stereocenters. The fourth-order valence-electron chi connectivity index (χ4n) is 7.34. The number of halogens is 2. The first-order valence-electron chi connectivity index (χ1n) is 16.2. The van der Waals surface area contributed by atoms with Crippen molar-refractivity contribution in [1.29, 1.82) is 0 Å². The maximum atomic E-state index is 15.7. The van der Waals surface area contributed by atoms with E-state index in [0.29, 0.717) is 66.5 Å². The summed E-state index contributed by atoms with van der Waals surface area (Å²) in [5, 5.41) is 6.24. The molecule has 11 heteroatoms. The van der Waals surface area contributed by atoms with Crippen LogP contribution in [0.5, 0.6) is 5.75 Å². The molecule has 6 rings (SSSR count). The summed E-state index contributed by atoms with van der Waals surface area (Å²) in [4.78, 5) is 25.8. The number of ether oxygens (including phenoxy) is 1. The van der Waals surface area contributed by atoms with Gasteiger partial charge in [0.05, 0.1) is 11.2 Å². The molecular formula is C34H43F2N3O5S. The number of carbonyl (C=O) groups is 2. The van der Waals surface area contributed by atoms with E-state index >= 15 is 4.39 Å². The Morgan fingerprint density at radius 2 is 1.82 bits per heavy atom. The Morgan fingerprint density at radius 3 is 2.53 bits per heavy atom. The quantitative estimate of drug-likeness (QED) is 0.335. The Kier molecular flexibility index (Phi) is 8.48. The number of hydrogen-bond acceptors (Lipinski definition) is 6. The standard InChI is InChI=1S/C34H43F2N3O5S/c1-3-25-26(7-6-8-28(25)35)27-17-22(18-30(40)39-45(42,43)32(2)15-16-32)9-12-29(27)44-24-11-10-23(19-24)38-31(41)34(36)20-33(37-21-34)13-4-5-14-33/h6-9,12,17,23-24,37H,3-5,10-11,13-16,18-21H2,1-2H3,(H,38,41)(H,39,40)/t23-,24-,34+/m1/s1. The molecule has 45 heavy (non-hydrogen) atoms. The number of hydrogen-bond donors (Lipinski definition) is 3. The van der Waals surface area contributed by atoms with Crippen LogP contribution in [0.4, 0.5) is 8.78 Å². The minimum Gasteiger partial charge on any atom is -0.490 e. The van der Waals surface area contributed by atoms with Crippen LogP contribution in [-0.4, -0.2) is 54.9 Å². The highest BCUT2D eigenvalue weighted by molar-refractivity contribution is 7.91. The minimum atomic E-state index is -3.77. The number of carbonyl (C=O) groups excluding carboxylic acids is 2. The van der Waals surface area contributed by atoms with E-state index in [1.165, 1.54) is 6.07 Å². The van der Waals surface area contributed by atoms with Crippen LogP contribution in [0, 0.1) is 5.82 Å². The third-order valence-corrected chi connectivity index (χ3v) is 12.6. The lowest BCUT2D eigenvalue weighted by Gasteiger charge is -2.25. The molecule has 1 heterocycles. The lowest BCUT2D eigenvalue weighted by atomic mass is 9.89. The van der Waals surface area contributed by atoms with Crippen LogP contribution < -0.4 is 20.1 Å². The maximum absolute atomic E-state index is 15.7. The zero-order valence-electron chi connectivity index (χ0n) is 26.0. The first kappa shape index (κ1) is 31.9. The number of sulfonamides is 1. The molecule has 2 aromatic carbocycles. The first-order chi connectivity index (χ1) is 21.3. The van der Waals surface area contributed by atoms with Gasteiger partial charge in [-0.1, -0.05) is 38.0 Å². The second-order valence-electron chi connectivity index (χ2n) is 13.8. The van der Waals surface area contributed by atoms with Crippen LogP contribution in [0.3, 0.4) is 0 Å². The third kappa shape index (κ3) is 6.48. The van der Waals surface area contributed by atoms with Crippen molar-refractivity contribution in [2.75, 3.05) is 6.54 Å². The number of nitrogens with one attached hydrogen (secondary N) is 3. The normalized spacial score (nSPS) is 26.6. The van der Waals surface area contributed by atoms with Gasteiger partial charge in [-0.15, -0.1) is 0 Å². The van der Waals surface area contributed by atoms with Gasteiger partial charge in [0.25, 0.3) is 5.91 Å². The van der Waals surface area contributed by atoms with Crippen molar-refractivity contribution in [1.82, 2.24) is 15.4 Å². The van der Waals surface area contributed by atoms with Crippen molar-refractivity contribution in [3.63, 3.8) is 0 Å². The molecule has 4 fully saturated rings. The van der Waals surface area contributed by atoms with Crippen molar-refractivity contribution in [2.45, 2.75) is 119 Å². The molecule has 1 spiro atoms. The largest absolute Gasteiger partial charge is 0.490 e. The van der Waals surface area contributed by atoms with Crippen LogP contribution in [-0.2, 0) is 32.5 Å². The van der Waals surface area contributed by atoms with Crippen LogP contribution in [0.1, 0.15) is 89.2 Å². The van der Waals surface area contributed by atoms with Gasteiger partial charge in [0.2, 0.25) is 21.6 Å². The highest BCUT2D eigenvalue weighted by atomic mass is 32.2. The minimum absolute atomic E-state index is 0.0395. The molecule has 0 aromatic heterocycles. The Bertz CT molecular complexity index is 1590. The summed E-state index contributed by atoms with van der Waals surface area (Å²) in [6.07, 6.45) is 6.97. The average molecular weight is 644 g/mol. The van der Waals surface area contributed by atoms with Crippen LogP contribution >= 0.6 is 0 Å². The highest BCUT2D eigenvalue weighted by Gasteiger charge is 2.54. The van der Waals surface area contributed by atoms with Gasteiger partial charge in [-0.25, -0.2) is 17.2 Å². The van der Waals surface area contributed by atoms with Crippen molar-refractivity contribution in [3.05, 3.63) is 53.3 Å². The van der Waals surface area contributed by atoms with E-state index in [4.69, 9.17) is 4.74 Å². The van der Waals surface area contributed by atoms with Gasteiger partial charge in [-0.3, -0.25) is 14.3 Å². The summed E-state index contributed by atoms with van der Waals surface area (Å²) in [7, 11) is -3.77. The van der Waals surface area contributed by atoms with Crippen molar-refractivity contribution in [3.8, 4) is 16.9 Å². The van der Waals surface area contributed by atoms with Crippen LogP contribution in [0.25, 0.3) is 11.1 Å². The molecule has 3 aliphatic carbocycles. The molecule has 2 amide bonds. The molecule has 1 saturated heterocycles. The SMILES string of the molecule is CCc1c(F)cccc1-c1cc(CC(=O)NS(=O)(=O)C2(C)CC2)ccc1O[C@@H]1CC[C@@H](NC(=O)[C@@]2(F)CNC3(CCCC3)C2)C1. The van der Waals surface area contributed by atoms with Crippen molar-refractivity contribution in [2.24, 2.45) is 0 Å². The number of rotatable bonds is 10. The lowest BCUT2D eigenvalue weighted by molar-refractivity contribution is -0.132. The Balaban J connectivity index is 1.16. The number of alkyl halides is 1. The fourth-order valence-corrected chi connectivity index (χ4v) is 8.60. The smallest absolute Gasteiger partial charge is 0.259 e. The van der Waals surface area contributed by atoms with Gasteiger partial charge in [-0.05, 0) is 86.8 Å². The second-order valence-corrected chi connectivity index (χ2v) is 16.0. The average Bonchev–Trinajstić information content (AvgIpc) is 3.29. The Labute approximate surface area is 264 Å². The molecule has 4 aliphatic rings. The summed E-state index contributed by atoms with van der Waals surface area (Å²) in [5.74, 6) is -1.04. The molecular weight excluding hydrogens is 600 g/mol. The molecule has 244 valence electrons. The van der Waals surface area contributed by atoms with E-state index in [0.717, 1.165) is 25.7 Å². The van der Waals surface area contributed by atoms with E-state index in [2.05, 4.69) is 15.4 Å². The molecule has 0 bridgehead atoms. The van der Waals surface area contributed by atoms with Crippen LogP contribution in [0.15, 0.2) is 36.4 Å². The van der Waals surface area contributed by atoms with E-state index in [9.17, 15) is 22.4 Å². The zero-order chi connectivity index (χ0) is 32.0. The van der Waals surface area contributed by atoms with Gasteiger partial charge >= 0.3 is 0 Å². The Hall–Kier alpha value is -3.05. The van der Waals surface area contributed by atoms with Crippen molar-refractivity contribution >= 4 is 21.8 Å². The summed E-state index contributed by atoms with van der Waals surface area (Å²) < 4.78 is 63.5. The lowest BCUT2D eigenvalue weighted by Crippen LogP contribution is -2.48. The molecule has 3 saturated carbocycles. The predicted octanol–water partition coefficient (Wildman–Crippen LogP) is 5.03. The molecule has 0 radical (unpaired) electrons. The summed E-state index contributed by atoms with van der Waals surface area (Å²) >= 11 is 0. The maximum Gasteiger partial charge on any atom is 0.259 e. The first-order valence-corrected chi connectivity index (χ1v) is 17.7. The monoisotopic (exact) mass is 643 g/mol. The van der Waals surface area contributed by atoms with E-state index in [1.54, 1.807) is 37.3 Å². The highest BCUT2D eigenvalue weighted by Crippen LogP contribution is 2.43. The molecule has 2 aromatic rings. The summed E-state index contributed by atoms with van der Waals surface area (Å²) in [5.41, 5.74) is 0.125. The second kappa shape index (κ2) is 12.0.